The molecule has 1 atom stereocenters. The van der Waals surface area contributed by atoms with Gasteiger partial charge in [-0.3, -0.25) is 4.79 Å². The van der Waals surface area contributed by atoms with Gasteiger partial charge in [0.15, 0.2) is 0 Å². The zero-order chi connectivity index (χ0) is 11.8. The van der Waals surface area contributed by atoms with E-state index in [1.807, 2.05) is 30.3 Å². The zero-order valence-corrected chi connectivity index (χ0v) is 11.0. The van der Waals surface area contributed by atoms with E-state index in [0.29, 0.717) is 5.88 Å². The molecule has 0 saturated carbocycles. The van der Waals surface area contributed by atoms with Crippen LogP contribution in [0.5, 0.6) is 0 Å². The summed E-state index contributed by atoms with van der Waals surface area (Å²) in [6, 6.07) is 9.70. The Bertz CT molecular complexity index is 314. The molecule has 0 radical (unpaired) electrons. The Kier molecular flexibility index (Phi) is 8.86. The van der Waals surface area contributed by atoms with Crippen LogP contribution in [0, 0.1) is 0 Å². The van der Waals surface area contributed by atoms with Crippen LogP contribution in [0.15, 0.2) is 30.3 Å². The van der Waals surface area contributed by atoms with Gasteiger partial charge in [-0.2, -0.15) is 0 Å². The molecule has 5 heteroatoms. The molecule has 1 aliphatic rings. The van der Waals surface area contributed by atoms with Crippen molar-refractivity contribution in [3.8, 4) is 0 Å². The van der Waals surface area contributed by atoms with E-state index in [9.17, 15) is 4.79 Å². The molecule has 96 valence electrons. The van der Waals surface area contributed by atoms with Gasteiger partial charge in [0.2, 0.25) is 0 Å². The first-order chi connectivity index (χ1) is 7.74. The molecule has 1 fully saturated rings. The number of carbonyl (C=O) groups is 1. The van der Waals surface area contributed by atoms with E-state index >= 15 is 0 Å². The molecule has 2 rings (SSSR count). The Hall–Kier alpha value is -0.770. The third-order valence-electron chi connectivity index (χ3n) is 2.36. The topological polar surface area (TPSA) is 49.3 Å². The Labute approximate surface area is 113 Å². The lowest BCUT2D eigenvalue weighted by Gasteiger charge is -1.99. The van der Waals surface area contributed by atoms with E-state index in [1.54, 1.807) is 0 Å². The fourth-order valence-corrected chi connectivity index (χ4v) is 1.64. The van der Waals surface area contributed by atoms with Gasteiger partial charge in [0.1, 0.15) is 6.04 Å². The lowest BCUT2D eigenvalue weighted by Crippen LogP contribution is -2.29. The molecule has 1 saturated heterocycles. The highest BCUT2D eigenvalue weighted by Crippen LogP contribution is 2.03. The van der Waals surface area contributed by atoms with Gasteiger partial charge in [0, 0.05) is 5.88 Å². The van der Waals surface area contributed by atoms with Gasteiger partial charge in [-0.05, 0) is 24.9 Å². The van der Waals surface area contributed by atoms with Crippen LogP contribution in [0.1, 0.15) is 18.4 Å². The fourth-order valence-electron chi connectivity index (χ4n) is 1.46. The maximum absolute atomic E-state index is 10.1. The number of hydrogen-bond acceptors (Lipinski definition) is 2. The average molecular weight is 278 g/mol. The molecule has 1 aliphatic heterocycles. The molecule has 0 spiro atoms. The molecule has 1 aromatic carbocycles. The molecule has 0 bridgehead atoms. The molecular formula is C12H17Cl2NO2. The van der Waals surface area contributed by atoms with Crippen molar-refractivity contribution in [2.75, 3.05) is 6.54 Å². The molecule has 0 aliphatic carbocycles. The molecule has 2 N–H and O–H groups in total. The van der Waals surface area contributed by atoms with E-state index in [4.69, 9.17) is 16.7 Å². The van der Waals surface area contributed by atoms with Crippen molar-refractivity contribution in [3.05, 3.63) is 35.9 Å². The third kappa shape index (κ3) is 6.51. The van der Waals surface area contributed by atoms with Gasteiger partial charge in [0.05, 0.1) is 0 Å². The van der Waals surface area contributed by atoms with Crippen LogP contribution in [0.4, 0.5) is 0 Å². The normalized spacial score (nSPS) is 17.6. The third-order valence-corrected chi connectivity index (χ3v) is 2.66. The van der Waals surface area contributed by atoms with Crippen molar-refractivity contribution in [3.63, 3.8) is 0 Å². The second kappa shape index (κ2) is 9.28. The van der Waals surface area contributed by atoms with E-state index in [0.717, 1.165) is 19.4 Å². The number of aliphatic carboxylic acids is 1. The van der Waals surface area contributed by atoms with Gasteiger partial charge < -0.3 is 10.4 Å². The number of hydrogen-bond donors (Lipinski definition) is 2. The van der Waals surface area contributed by atoms with Crippen molar-refractivity contribution in [1.82, 2.24) is 5.32 Å². The minimum atomic E-state index is -0.720. The monoisotopic (exact) mass is 277 g/mol. The number of carboxylic acids is 1. The SMILES string of the molecule is Cl.ClCc1ccccc1.O=C(O)[C@@H]1CCCN1. The number of alkyl halides is 1. The van der Waals surface area contributed by atoms with Gasteiger partial charge in [-0.25, -0.2) is 0 Å². The summed E-state index contributed by atoms with van der Waals surface area (Å²) < 4.78 is 0. The summed E-state index contributed by atoms with van der Waals surface area (Å²) >= 11 is 5.53. The summed E-state index contributed by atoms with van der Waals surface area (Å²) in [7, 11) is 0. The average Bonchev–Trinajstić information content (AvgIpc) is 2.85. The van der Waals surface area contributed by atoms with E-state index in [1.165, 1.54) is 5.56 Å². The molecule has 17 heavy (non-hydrogen) atoms. The second-order valence-electron chi connectivity index (χ2n) is 3.61. The van der Waals surface area contributed by atoms with E-state index < -0.39 is 5.97 Å². The summed E-state index contributed by atoms with van der Waals surface area (Å²) in [6.45, 7) is 0.858. The molecule has 0 aromatic heterocycles. The summed E-state index contributed by atoms with van der Waals surface area (Å²) in [4.78, 5) is 10.1. The Morgan fingerprint density at radius 3 is 2.35 bits per heavy atom. The Morgan fingerprint density at radius 1 is 1.41 bits per heavy atom. The van der Waals surface area contributed by atoms with Crippen molar-refractivity contribution < 1.29 is 9.90 Å². The quantitative estimate of drug-likeness (QED) is 0.818. The lowest BCUT2D eigenvalue weighted by molar-refractivity contribution is -0.139. The maximum atomic E-state index is 10.1. The highest BCUT2D eigenvalue weighted by molar-refractivity contribution is 6.17. The van der Waals surface area contributed by atoms with Crippen LogP contribution in [-0.2, 0) is 10.7 Å². The molecule has 3 nitrogen and oxygen atoms in total. The maximum Gasteiger partial charge on any atom is 0.320 e. The van der Waals surface area contributed by atoms with Crippen molar-refractivity contribution in [2.45, 2.75) is 24.8 Å². The van der Waals surface area contributed by atoms with Crippen molar-refractivity contribution in [2.24, 2.45) is 0 Å². The van der Waals surface area contributed by atoms with E-state index in [-0.39, 0.29) is 18.4 Å². The highest BCUT2D eigenvalue weighted by atomic mass is 35.5. The first kappa shape index (κ1) is 16.2. The Balaban J connectivity index is 0.000000284. The smallest absolute Gasteiger partial charge is 0.320 e. The van der Waals surface area contributed by atoms with Gasteiger partial charge >= 0.3 is 5.97 Å². The van der Waals surface area contributed by atoms with Crippen LogP contribution in [0.2, 0.25) is 0 Å². The van der Waals surface area contributed by atoms with Crippen LogP contribution in [0.3, 0.4) is 0 Å². The predicted molar refractivity (Wildman–Crippen MR) is 71.9 cm³/mol. The second-order valence-corrected chi connectivity index (χ2v) is 3.87. The largest absolute Gasteiger partial charge is 0.480 e. The molecule has 0 unspecified atom stereocenters. The summed E-state index contributed by atoms with van der Waals surface area (Å²) in [6.07, 6.45) is 1.78. The number of benzene rings is 1. The number of nitrogens with one attached hydrogen (secondary N) is 1. The van der Waals surface area contributed by atoms with Crippen LogP contribution < -0.4 is 5.32 Å². The zero-order valence-electron chi connectivity index (χ0n) is 9.43. The minimum Gasteiger partial charge on any atom is -0.480 e. The fraction of sp³-hybridized carbons (Fsp3) is 0.417. The molecule has 1 aromatic rings. The Morgan fingerprint density at radius 2 is 2.06 bits per heavy atom. The van der Waals surface area contributed by atoms with E-state index in [2.05, 4.69) is 5.32 Å². The number of carboxylic acid groups (broad SMARTS) is 1. The van der Waals surface area contributed by atoms with Gasteiger partial charge in [0.25, 0.3) is 0 Å². The van der Waals surface area contributed by atoms with Crippen LogP contribution >= 0.6 is 24.0 Å². The first-order valence-electron chi connectivity index (χ1n) is 5.30. The molecular weight excluding hydrogens is 261 g/mol. The predicted octanol–water partition coefficient (Wildman–Crippen LogP) is 2.67. The summed E-state index contributed by atoms with van der Waals surface area (Å²) in [5, 5.41) is 11.2. The summed E-state index contributed by atoms with van der Waals surface area (Å²) in [5.41, 5.74) is 1.18. The molecule has 0 amide bonds. The van der Waals surface area contributed by atoms with Crippen molar-refractivity contribution >= 4 is 30.0 Å². The summed E-state index contributed by atoms with van der Waals surface area (Å²) in [5.74, 6) is -0.108. The van der Waals surface area contributed by atoms with Crippen LogP contribution in [0.25, 0.3) is 0 Å². The van der Waals surface area contributed by atoms with Crippen LogP contribution in [-0.4, -0.2) is 23.7 Å². The standard InChI is InChI=1S/C7H7Cl.C5H9NO2.ClH/c8-6-7-4-2-1-3-5-7;7-5(8)4-2-1-3-6-4;/h1-5H,6H2;4,6H,1-3H2,(H,7,8);1H/t;4-;/m.0./s1. The lowest BCUT2D eigenvalue weighted by atomic mass is 10.2. The number of rotatable bonds is 2. The molecule has 1 heterocycles. The van der Waals surface area contributed by atoms with Crippen molar-refractivity contribution in [1.29, 1.82) is 0 Å². The first-order valence-corrected chi connectivity index (χ1v) is 5.83. The highest BCUT2D eigenvalue weighted by Gasteiger charge is 2.20. The van der Waals surface area contributed by atoms with Gasteiger partial charge in [-0.15, -0.1) is 24.0 Å². The van der Waals surface area contributed by atoms with Gasteiger partial charge in [-0.1, -0.05) is 30.3 Å². The number of halogens is 2. The minimum absolute atomic E-state index is 0.